The molecule has 0 saturated heterocycles. The number of nitrogens with one attached hydrogen (secondary N) is 1. The van der Waals surface area contributed by atoms with E-state index < -0.39 is 5.97 Å². The molecular formula is C12H10NO2-. The summed E-state index contributed by atoms with van der Waals surface area (Å²) in [6.07, 6.45) is 0. The quantitative estimate of drug-likeness (QED) is 0.804. The highest BCUT2D eigenvalue weighted by Gasteiger charge is 1.98. The minimum absolute atomic E-state index is 0.173. The molecule has 0 saturated carbocycles. The van der Waals surface area contributed by atoms with Crippen LogP contribution in [0.25, 0.3) is 10.8 Å². The zero-order valence-corrected chi connectivity index (χ0v) is 8.07. The Morgan fingerprint density at radius 2 is 1.87 bits per heavy atom. The number of carbonyl (C=O) groups is 1. The Hall–Kier alpha value is -2.03. The van der Waals surface area contributed by atoms with Crippen molar-refractivity contribution in [1.29, 1.82) is 0 Å². The molecule has 0 aliphatic rings. The first kappa shape index (κ1) is 9.52. The van der Waals surface area contributed by atoms with E-state index in [0.29, 0.717) is 0 Å². The van der Waals surface area contributed by atoms with Gasteiger partial charge >= 0.3 is 0 Å². The van der Waals surface area contributed by atoms with Crippen LogP contribution in [0.2, 0.25) is 0 Å². The summed E-state index contributed by atoms with van der Waals surface area (Å²) in [5, 5.41) is 15.3. The van der Waals surface area contributed by atoms with Crippen LogP contribution in [0, 0.1) is 0 Å². The van der Waals surface area contributed by atoms with Gasteiger partial charge in [0.1, 0.15) is 0 Å². The van der Waals surface area contributed by atoms with Crippen molar-refractivity contribution in [2.75, 3.05) is 11.9 Å². The van der Waals surface area contributed by atoms with E-state index in [0.717, 1.165) is 16.5 Å². The van der Waals surface area contributed by atoms with Gasteiger partial charge in [-0.3, -0.25) is 0 Å². The van der Waals surface area contributed by atoms with Gasteiger partial charge in [-0.25, -0.2) is 0 Å². The molecule has 0 atom stereocenters. The molecule has 0 fully saturated rings. The highest BCUT2D eigenvalue weighted by atomic mass is 16.4. The van der Waals surface area contributed by atoms with Crippen LogP contribution in [0.15, 0.2) is 42.5 Å². The Kier molecular flexibility index (Phi) is 2.54. The standard InChI is InChI=1S/C12H11NO2/c14-12(15)8-13-11-7-3-5-9-4-1-2-6-10(9)11/h1-7,13H,8H2,(H,14,15)/p-1. The molecule has 76 valence electrons. The van der Waals surface area contributed by atoms with Gasteiger partial charge in [0.25, 0.3) is 0 Å². The molecule has 2 aromatic carbocycles. The van der Waals surface area contributed by atoms with Crippen molar-refractivity contribution in [2.24, 2.45) is 0 Å². The lowest BCUT2D eigenvalue weighted by Gasteiger charge is -2.09. The first-order valence-corrected chi connectivity index (χ1v) is 4.69. The lowest BCUT2D eigenvalue weighted by Crippen LogP contribution is -2.30. The van der Waals surface area contributed by atoms with Crippen molar-refractivity contribution in [1.82, 2.24) is 0 Å². The number of carboxylic acids is 1. The Balaban J connectivity index is 2.38. The predicted molar refractivity (Wildman–Crippen MR) is 57.4 cm³/mol. The van der Waals surface area contributed by atoms with Crippen molar-refractivity contribution in [2.45, 2.75) is 0 Å². The van der Waals surface area contributed by atoms with Gasteiger partial charge in [-0.05, 0) is 11.5 Å². The maximum Gasteiger partial charge on any atom is 0.0605 e. The van der Waals surface area contributed by atoms with Crippen LogP contribution in [0.1, 0.15) is 0 Å². The van der Waals surface area contributed by atoms with E-state index >= 15 is 0 Å². The summed E-state index contributed by atoms with van der Waals surface area (Å²) >= 11 is 0. The number of anilines is 1. The second kappa shape index (κ2) is 4.00. The van der Waals surface area contributed by atoms with E-state index in [1.807, 2.05) is 42.5 Å². The third-order valence-electron chi connectivity index (χ3n) is 2.21. The van der Waals surface area contributed by atoms with E-state index in [4.69, 9.17) is 0 Å². The third-order valence-corrected chi connectivity index (χ3v) is 2.21. The summed E-state index contributed by atoms with van der Waals surface area (Å²) in [7, 11) is 0. The fourth-order valence-corrected chi connectivity index (χ4v) is 1.55. The number of aliphatic carboxylic acids is 1. The second-order valence-electron chi connectivity index (χ2n) is 3.25. The highest BCUT2D eigenvalue weighted by Crippen LogP contribution is 2.22. The summed E-state index contributed by atoms with van der Waals surface area (Å²) in [5.74, 6) is -1.11. The summed E-state index contributed by atoms with van der Waals surface area (Å²) in [5.41, 5.74) is 0.817. The van der Waals surface area contributed by atoms with Crippen LogP contribution >= 0.6 is 0 Å². The third kappa shape index (κ3) is 2.07. The number of carboxylic acid groups (broad SMARTS) is 1. The second-order valence-corrected chi connectivity index (χ2v) is 3.25. The van der Waals surface area contributed by atoms with Crippen LogP contribution < -0.4 is 10.4 Å². The smallest absolute Gasteiger partial charge is 0.0605 e. The maximum absolute atomic E-state index is 10.3. The molecule has 0 bridgehead atoms. The first-order chi connectivity index (χ1) is 7.27. The molecule has 0 aromatic heterocycles. The Morgan fingerprint density at radius 1 is 1.13 bits per heavy atom. The first-order valence-electron chi connectivity index (χ1n) is 4.69. The summed E-state index contributed by atoms with van der Waals surface area (Å²) < 4.78 is 0. The van der Waals surface area contributed by atoms with Gasteiger partial charge in [-0.2, -0.15) is 0 Å². The molecule has 2 aromatic rings. The molecule has 0 radical (unpaired) electrons. The molecule has 0 spiro atoms. The minimum atomic E-state index is -1.11. The molecule has 0 amide bonds. The van der Waals surface area contributed by atoms with Gasteiger partial charge in [-0.1, -0.05) is 36.4 Å². The average Bonchev–Trinajstić information content (AvgIpc) is 2.26. The maximum atomic E-state index is 10.3. The van der Waals surface area contributed by atoms with Gasteiger partial charge in [0.15, 0.2) is 0 Å². The van der Waals surface area contributed by atoms with E-state index in [2.05, 4.69) is 5.32 Å². The summed E-state index contributed by atoms with van der Waals surface area (Å²) in [6, 6.07) is 13.5. The molecule has 15 heavy (non-hydrogen) atoms. The van der Waals surface area contributed by atoms with Crippen LogP contribution in [-0.2, 0) is 4.79 Å². The zero-order chi connectivity index (χ0) is 10.7. The largest absolute Gasteiger partial charge is 0.548 e. The number of hydrogen-bond acceptors (Lipinski definition) is 3. The minimum Gasteiger partial charge on any atom is -0.548 e. The Labute approximate surface area is 87.3 Å². The van der Waals surface area contributed by atoms with Crippen molar-refractivity contribution >= 4 is 22.4 Å². The highest BCUT2D eigenvalue weighted by molar-refractivity contribution is 5.94. The molecule has 3 nitrogen and oxygen atoms in total. The molecule has 3 heteroatoms. The van der Waals surface area contributed by atoms with Crippen LogP contribution in [-0.4, -0.2) is 12.5 Å². The SMILES string of the molecule is O=C([O-])CNc1cccc2ccccc12. The number of rotatable bonds is 3. The number of carbonyl (C=O) groups excluding carboxylic acids is 1. The van der Waals surface area contributed by atoms with Crippen molar-refractivity contribution in [3.63, 3.8) is 0 Å². The van der Waals surface area contributed by atoms with Crippen LogP contribution in [0.5, 0.6) is 0 Å². The molecular weight excluding hydrogens is 190 g/mol. The fraction of sp³-hybridized carbons (Fsp3) is 0.0833. The monoisotopic (exact) mass is 200 g/mol. The van der Waals surface area contributed by atoms with Crippen molar-refractivity contribution in [3.8, 4) is 0 Å². The van der Waals surface area contributed by atoms with Gasteiger partial charge < -0.3 is 15.2 Å². The van der Waals surface area contributed by atoms with Crippen LogP contribution in [0.3, 0.4) is 0 Å². The Morgan fingerprint density at radius 3 is 2.67 bits per heavy atom. The molecule has 0 unspecified atom stereocenters. The van der Waals surface area contributed by atoms with E-state index in [9.17, 15) is 9.90 Å². The number of benzene rings is 2. The zero-order valence-electron chi connectivity index (χ0n) is 8.07. The molecule has 0 aliphatic heterocycles. The van der Waals surface area contributed by atoms with Gasteiger partial charge in [0.05, 0.1) is 12.5 Å². The van der Waals surface area contributed by atoms with Gasteiger partial charge in [0.2, 0.25) is 0 Å². The number of fused-ring (bicyclic) bond motifs is 1. The van der Waals surface area contributed by atoms with Crippen LogP contribution in [0.4, 0.5) is 5.69 Å². The molecule has 0 aliphatic carbocycles. The lowest BCUT2D eigenvalue weighted by molar-refractivity contribution is -0.302. The van der Waals surface area contributed by atoms with Crippen molar-refractivity contribution in [3.05, 3.63) is 42.5 Å². The van der Waals surface area contributed by atoms with E-state index in [-0.39, 0.29) is 6.54 Å². The van der Waals surface area contributed by atoms with Crippen molar-refractivity contribution < 1.29 is 9.90 Å². The van der Waals surface area contributed by atoms with Gasteiger partial charge in [-0.15, -0.1) is 0 Å². The predicted octanol–water partition coefficient (Wildman–Crippen LogP) is 1.00. The Bertz CT molecular complexity index is 488. The van der Waals surface area contributed by atoms with Gasteiger partial charge in [0, 0.05) is 11.1 Å². The number of hydrogen-bond donors (Lipinski definition) is 1. The van der Waals surface area contributed by atoms with E-state index in [1.165, 1.54) is 0 Å². The average molecular weight is 200 g/mol. The summed E-state index contributed by atoms with van der Waals surface area (Å²) in [6.45, 7) is -0.173. The molecule has 1 N–H and O–H groups in total. The topological polar surface area (TPSA) is 52.2 Å². The molecule has 2 rings (SSSR count). The fourth-order valence-electron chi connectivity index (χ4n) is 1.55. The normalized spacial score (nSPS) is 10.1. The molecule has 0 heterocycles. The van der Waals surface area contributed by atoms with E-state index in [1.54, 1.807) is 0 Å². The summed E-state index contributed by atoms with van der Waals surface area (Å²) in [4.78, 5) is 10.3. The lowest BCUT2D eigenvalue weighted by atomic mass is 10.1.